The first-order valence-corrected chi connectivity index (χ1v) is 5.94. The molecule has 2 atom stereocenters. The first kappa shape index (κ1) is 13.9. The van der Waals surface area contributed by atoms with Crippen molar-refractivity contribution in [3.63, 3.8) is 0 Å². The number of hydrogen-bond acceptors (Lipinski definition) is 2. The molecule has 86 valence electrons. The molecule has 0 unspecified atom stereocenters. The fourth-order valence-electron chi connectivity index (χ4n) is 1.75. The normalized spacial score (nSPS) is 15.9. The Labute approximate surface area is 89.1 Å². The third-order valence-electron chi connectivity index (χ3n) is 2.51. The van der Waals surface area contributed by atoms with E-state index in [4.69, 9.17) is 5.11 Å². The molecule has 0 aliphatic heterocycles. The monoisotopic (exact) mass is 201 g/mol. The summed E-state index contributed by atoms with van der Waals surface area (Å²) in [5.74, 6) is 1.38. The zero-order chi connectivity index (χ0) is 11.0. The van der Waals surface area contributed by atoms with Crippen molar-refractivity contribution in [2.24, 2.45) is 11.8 Å². The van der Waals surface area contributed by atoms with E-state index >= 15 is 0 Å². The minimum atomic E-state index is 0.261. The number of aliphatic hydroxyl groups excluding tert-OH is 1. The molecule has 0 aliphatic rings. The average molecular weight is 201 g/mol. The molecule has 0 amide bonds. The van der Waals surface area contributed by atoms with Crippen molar-refractivity contribution in [1.82, 2.24) is 5.32 Å². The molecule has 0 spiro atoms. The lowest BCUT2D eigenvalue weighted by Crippen LogP contribution is -2.36. The van der Waals surface area contributed by atoms with E-state index in [1.54, 1.807) is 0 Å². The van der Waals surface area contributed by atoms with Gasteiger partial charge in [-0.1, -0.05) is 34.1 Å². The van der Waals surface area contributed by atoms with E-state index in [0.717, 1.165) is 18.9 Å². The highest BCUT2D eigenvalue weighted by molar-refractivity contribution is 4.68. The summed E-state index contributed by atoms with van der Waals surface area (Å²) in [6, 6.07) is 0.286. The fourth-order valence-corrected chi connectivity index (χ4v) is 1.75. The van der Waals surface area contributed by atoms with Gasteiger partial charge in [0.15, 0.2) is 0 Å². The minimum Gasteiger partial charge on any atom is -0.395 e. The molecule has 2 N–H and O–H groups in total. The molecule has 14 heavy (non-hydrogen) atoms. The fraction of sp³-hybridized carbons (Fsp3) is 1.00. The van der Waals surface area contributed by atoms with Gasteiger partial charge in [0.2, 0.25) is 0 Å². The van der Waals surface area contributed by atoms with Gasteiger partial charge in [0.05, 0.1) is 6.61 Å². The van der Waals surface area contributed by atoms with Crippen LogP contribution in [0.2, 0.25) is 0 Å². The molecule has 2 heteroatoms. The molecule has 0 bridgehead atoms. The second kappa shape index (κ2) is 8.25. The number of nitrogens with one attached hydrogen (secondary N) is 1. The van der Waals surface area contributed by atoms with E-state index in [2.05, 4.69) is 33.0 Å². The zero-order valence-corrected chi connectivity index (χ0v) is 10.2. The van der Waals surface area contributed by atoms with Gasteiger partial charge in [-0.3, -0.25) is 0 Å². The predicted octanol–water partition coefficient (Wildman–Crippen LogP) is 2.42. The Hall–Kier alpha value is -0.0800. The maximum Gasteiger partial charge on any atom is 0.0584 e. The largest absolute Gasteiger partial charge is 0.395 e. The van der Waals surface area contributed by atoms with Crippen LogP contribution in [0.3, 0.4) is 0 Å². The van der Waals surface area contributed by atoms with Crippen LogP contribution in [0.5, 0.6) is 0 Å². The van der Waals surface area contributed by atoms with Crippen LogP contribution in [0.1, 0.15) is 47.0 Å². The van der Waals surface area contributed by atoms with Gasteiger partial charge in [-0.15, -0.1) is 0 Å². The van der Waals surface area contributed by atoms with Crippen molar-refractivity contribution in [3.8, 4) is 0 Å². The maximum atomic E-state index is 9.16. The summed E-state index contributed by atoms with van der Waals surface area (Å²) in [5.41, 5.74) is 0. The third kappa shape index (κ3) is 7.34. The molecule has 2 nitrogen and oxygen atoms in total. The van der Waals surface area contributed by atoms with E-state index in [1.165, 1.54) is 12.8 Å². The Morgan fingerprint density at radius 2 is 1.86 bits per heavy atom. The van der Waals surface area contributed by atoms with Gasteiger partial charge in [0.25, 0.3) is 0 Å². The summed E-state index contributed by atoms with van der Waals surface area (Å²) in [4.78, 5) is 0. The van der Waals surface area contributed by atoms with Gasteiger partial charge < -0.3 is 10.4 Å². The topological polar surface area (TPSA) is 32.3 Å². The molecular weight excluding hydrogens is 174 g/mol. The SMILES string of the molecule is CCC[C@H](C)CN[C@@H](CO)CC(C)C. The van der Waals surface area contributed by atoms with Crippen molar-refractivity contribution >= 4 is 0 Å². The molecule has 0 saturated carbocycles. The highest BCUT2D eigenvalue weighted by atomic mass is 16.3. The summed E-state index contributed by atoms with van der Waals surface area (Å²) in [6.45, 7) is 10.2. The molecule has 0 heterocycles. The Morgan fingerprint density at radius 1 is 1.21 bits per heavy atom. The standard InChI is InChI=1S/C12H27NO/c1-5-6-11(4)8-13-12(9-14)7-10(2)3/h10-14H,5-9H2,1-4H3/t11-,12+/m0/s1. The smallest absolute Gasteiger partial charge is 0.0584 e. The van der Waals surface area contributed by atoms with Crippen molar-refractivity contribution < 1.29 is 5.11 Å². The first-order chi connectivity index (χ1) is 6.60. The van der Waals surface area contributed by atoms with Crippen LogP contribution in [0.15, 0.2) is 0 Å². The first-order valence-electron chi connectivity index (χ1n) is 5.94. The van der Waals surface area contributed by atoms with E-state index in [1.807, 2.05) is 0 Å². The van der Waals surface area contributed by atoms with Crippen LogP contribution in [-0.2, 0) is 0 Å². The van der Waals surface area contributed by atoms with Crippen LogP contribution in [-0.4, -0.2) is 24.3 Å². The number of hydrogen-bond donors (Lipinski definition) is 2. The van der Waals surface area contributed by atoms with Crippen LogP contribution in [0.25, 0.3) is 0 Å². The van der Waals surface area contributed by atoms with Gasteiger partial charge in [-0.2, -0.15) is 0 Å². The maximum absolute atomic E-state index is 9.16. The summed E-state index contributed by atoms with van der Waals surface area (Å²) in [5, 5.41) is 12.6. The van der Waals surface area contributed by atoms with Gasteiger partial charge in [-0.25, -0.2) is 0 Å². The van der Waals surface area contributed by atoms with Crippen molar-refractivity contribution in [1.29, 1.82) is 0 Å². The van der Waals surface area contributed by atoms with Crippen molar-refractivity contribution in [2.45, 2.75) is 53.0 Å². The Bertz CT molecular complexity index is 125. The van der Waals surface area contributed by atoms with Crippen LogP contribution >= 0.6 is 0 Å². The minimum absolute atomic E-state index is 0.261. The van der Waals surface area contributed by atoms with Crippen LogP contribution < -0.4 is 5.32 Å². The number of rotatable bonds is 8. The van der Waals surface area contributed by atoms with Gasteiger partial charge >= 0.3 is 0 Å². The van der Waals surface area contributed by atoms with E-state index in [9.17, 15) is 0 Å². The summed E-state index contributed by atoms with van der Waals surface area (Å²) in [7, 11) is 0. The van der Waals surface area contributed by atoms with Crippen LogP contribution in [0.4, 0.5) is 0 Å². The molecule has 0 aromatic heterocycles. The molecule has 0 radical (unpaired) electrons. The zero-order valence-electron chi connectivity index (χ0n) is 10.2. The van der Waals surface area contributed by atoms with Crippen LogP contribution in [0, 0.1) is 11.8 Å². The van der Waals surface area contributed by atoms with Gasteiger partial charge in [0.1, 0.15) is 0 Å². The van der Waals surface area contributed by atoms with Crippen molar-refractivity contribution in [2.75, 3.05) is 13.2 Å². The summed E-state index contributed by atoms with van der Waals surface area (Å²) in [6.07, 6.45) is 3.58. The summed E-state index contributed by atoms with van der Waals surface area (Å²) >= 11 is 0. The van der Waals surface area contributed by atoms with Crippen molar-refractivity contribution in [3.05, 3.63) is 0 Å². The van der Waals surface area contributed by atoms with Gasteiger partial charge in [-0.05, 0) is 31.2 Å². The Balaban J connectivity index is 3.60. The molecule has 0 fully saturated rings. The molecule has 0 saturated heterocycles. The highest BCUT2D eigenvalue weighted by Crippen LogP contribution is 2.07. The summed E-state index contributed by atoms with van der Waals surface area (Å²) < 4.78 is 0. The highest BCUT2D eigenvalue weighted by Gasteiger charge is 2.10. The van der Waals surface area contributed by atoms with E-state index in [-0.39, 0.29) is 12.6 Å². The molecule has 0 aliphatic carbocycles. The lowest BCUT2D eigenvalue weighted by atomic mass is 10.0. The lowest BCUT2D eigenvalue weighted by Gasteiger charge is -2.20. The lowest BCUT2D eigenvalue weighted by molar-refractivity contribution is 0.219. The molecule has 0 aromatic carbocycles. The van der Waals surface area contributed by atoms with E-state index < -0.39 is 0 Å². The van der Waals surface area contributed by atoms with E-state index in [0.29, 0.717) is 5.92 Å². The van der Waals surface area contributed by atoms with Gasteiger partial charge in [0, 0.05) is 6.04 Å². The Kier molecular flexibility index (Phi) is 8.20. The number of aliphatic hydroxyl groups is 1. The molecule has 0 rings (SSSR count). The third-order valence-corrected chi connectivity index (χ3v) is 2.51. The molecular formula is C12H27NO. The second-order valence-electron chi connectivity index (χ2n) is 4.81. The predicted molar refractivity (Wildman–Crippen MR) is 62.4 cm³/mol. The quantitative estimate of drug-likeness (QED) is 0.632. The average Bonchev–Trinajstić information content (AvgIpc) is 2.12. The molecule has 0 aromatic rings. The Morgan fingerprint density at radius 3 is 2.29 bits per heavy atom. The second-order valence-corrected chi connectivity index (χ2v) is 4.81.